The Morgan fingerprint density at radius 3 is 2.67 bits per heavy atom. The van der Waals surface area contributed by atoms with Crippen LogP contribution in [0.3, 0.4) is 0 Å². The lowest BCUT2D eigenvalue weighted by Crippen LogP contribution is -2.51. The Morgan fingerprint density at radius 1 is 1.19 bits per heavy atom. The highest BCUT2D eigenvalue weighted by molar-refractivity contribution is 6.03. The van der Waals surface area contributed by atoms with Crippen LogP contribution in [0.15, 0.2) is 46.1 Å². The fraction of sp³-hybridized carbons (Fsp3) is 0.450. The third kappa shape index (κ3) is 3.82. The largest absolute Gasteiger partial charge is 0.353 e. The molecule has 3 aliphatic heterocycles. The highest BCUT2D eigenvalue weighted by atomic mass is 16.2. The molecule has 1 aromatic rings. The number of aryl methyl sites for hydroxylation is 1. The number of hydrogen-bond acceptors (Lipinski definition) is 5. The van der Waals surface area contributed by atoms with Crippen molar-refractivity contribution < 1.29 is 4.79 Å². The number of fused-ring (bicyclic) bond motifs is 1. The number of nitrogens with one attached hydrogen (secondary N) is 1. The van der Waals surface area contributed by atoms with Gasteiger partial charge in [-0.15, -0.1) is 0 Å². The number of urea groups is 1. The molecule has 1 saturated heterocycles. The van der Waals surface area contributed by atoms with Crippen molar-refractivity contribution in [1.29, 1.82) is 0 Å². The van der Waals surface area contributed by atoms with Gasteiger partial charge >= 0.3 is 6.03 Å². The molecule has 1 aromatic carbocycles. The van der Waals surface area contributed by atoms with Crippen LogP contribution >= 0.6 is 0 Å². The van der Waals surface area contributed by atoms with E-state index < -0.39 is 0 Å². The molecule has 7 heteroatoms. The van der Waals surface area contributed by atoms with Crippen LogP contribution in [0, 0.1) is 6.92 Å². The van der Waals surface area contributed by atoms with Gasteiger partial charge in [0.15, 0.2) is 0 Å². The number of rotatable bonds is 3. The van der Waals surface area contributed by atoms with Gasteiger partial charge in [-0.1, -0.05) is 29.8 Å². The number of carbonyl (C=O) groups excluding carboxylic acids is 1. The van der Waals surface area contributed by atoms with Gasteiger partial charge in [-0.25, -0.2) is 9.79 Å². The summed E-state index contributed by atoms with van der Waals surface area (Å²) in [6, 6.07) is 8.62. The zero-order valence-corrected chi connectivity index (χ0v) is 15.9. The molecule has 3 heterocycles. The summed E-state index contributed by atoms with van der Waals surface area (Å²) in [4.78, 5) is 27.8. The first-order valence-electron chi connectivity index (χ1n) is 9.52. The molecule has 1 N–H and O–H groups in total. The first-order chi connectivity index (χ1) is 13.1. The number of aliphatic imine (C=N–C) groups is 2. The van der Waals surface area contributed by atoms with E-state index in [1.807, 2.05) is 11.2 Å². The fourth-order valence-corrected chi connectivity index (χ4v) is 3.50. The summed E-state index contributed by atoms with van der Waals surface area (Å²) in [6.07, 6.45) is 3.93. The summed E-state index contributed by atoms with van der Waals surface area (Å²) in [6.45, 7) is 8.54. The molecule has 3 aliphatic rings. The summed E-state index contributed by atoms with van der Waals surface area (Å²) in [5, 5.41) is 3.02. The van der Waals surface area contributed by atoms with Gasteiger partial charge in [0.1, 0.15) is 11.7 Å². The lowest BCUT2D eigenvalue weighted by atomic mass is 10.1. The van der Waals surface area contributed by atoms with Gasteiger partial charge in [0, 0.05) is 38.8 Å². The van der Waals surface area contributed by atoms with Crippen LogP contribution in [0.1, 0.15) is 18.1 Å². The average molecular weight is 366 g/mol. The normalized spacial score (nSPS) is 21.7. The Hall–Kier alpha value is -2.83. The lowest BCUT2D eigenvalue weighted by Gasteiger charge is -2.37. The van der Waals surface area contributed by atoms with Gasteiger partial charge in [0.25, 0.3) is 0 Å². The van der Waals surface area contributed by atoms with Gasteiger partial charge in [-0.2, -0.15) is 0 Å². The molecule has 2 amide bonds. The molecule has 142 valence electrons. The van der Waals surface area contributed by atoms with Crippen molar-refractivity contribution in [3.05, 3.63) is 47.3 Å². The van der Waals surface area contributed by atoms with Crippen molar-refractivity contribution in [3.8, 4) is 0 Å². The van der Waals surface area contributed by atoms with E-state index in [2.05, 4.69) is 69.3 Å². The third-order valence-corrected chi connectivity index (χ3v) is 5.28. The van der Waals surface area contributed by atoms with Gasteiger partial charge in [-0.3, -0.25) is 4.99 Å². The van der Waals surface area contributed by atoms with Crippen LogP contribution in [-0.4, -0.2) is 71.7 Å². The maximum absolute atomic E-state index is 12.4. The zero-order chi connectivity index (χ0) is 18.8. The smallest absolute Gasteiger partial charge is 0.317 e. The molecule has 0 bridgehead atoms. The monoisotopic (exact) mass is 366 g/mol. The number of piperazine rings is 1. The van der Waals surface area contributed by atoms with Crippen LogP contribution in [-0.2, 0) is 6.54 Å². The van der Waals surface area contributed by atoms with Crippen LogP contribution in [0.2, 0.25) is 0 Å². The van der Waals surface area contributed by atoms with Gasteiger partial charge < -0.3 is 20.0 Å². The van der Waals surface area contributed by atoms with Gasteiger partial charge in [0.05, 0.1) is 18.9 Å². The number of hydrogen-bond donors (Lipinski definition) is 1. The number of amidine groups is 1. The molecular weight excluding hydrogens is 340 g/mol. The second-order valence-corrected chi connectivity index (χ2v) is 7.32. The predicted octanol–water partition coefficient (Wildman–Crippen LogP) is 1.81. The van der Waals surface area contributed by atoms with Gasteiger partial charge in [0.2, 0.25) is 0 Å². The van der Waals surface area contributed by atoms with E-state index in [0.29, 0.717) is 25.7 Å². The SMILES string of the molecule is Cc1ccc(CNC(=O)N2CCN(C3=CC4=NCC(C)N4C=N3)CC2)cc1. The molecule has 0 aliphatic carbocycles. The lowest BCUT2D eigenvalue weighted by molar-refractivity contribution is 0.156. The molecule has 4 rings (SSSR count). The van der Waals surface area contributed by atoms with E-state index >= 15 is 0 Å². The first-order valence-corrected chi connectivity index (χ1v) is 9.52. The standard InChI is InChI=1S/C20H26N6O/c1-15-3-5-17(6-4-15)13-22-20(27)25-9-7-24(8-10-25)18-11-19-21-12-16(2)26(19)14-23-18/h3-6,11,14,16H,7-10,12-13H2,1-2H3,(H,22,27). The van der Waals surface area contributed by atoms with Crippen LogP contribution in [0.25, 0.3) is 0 Å². The molecular formula is C20H26N6O. The Labute approximate surface area is 160 Å². The molecule has 1 fully saturated rings. The number of carbonyl (C=O) groups is 1. The second kappa shape index (κ2) is 7.42. The highest BCUT2D eigenvalue weighted by Crippen LogP contribution is 2.19. The quantitative estimate of drug-likeness (QED) is 0.887. The molecule has 27 heavy (non-hydrogen) atoms. The molecule has 0 aromatic heterocycles. The van der Waals surface area contributed by atoms with Crippen molar-refractivity contribution in [2.75, 3.05) is 32.7 Å². The fourth-order valence-electron chi connectivity index (χ4n) is 3.50. The Bertz CT molecular complexity index is 789. The average Bonchev–Trinajstić information content (AvgIpc) is 3.08. The Morgan fingerprint density at radius 2 is 1.93 bits per heavy atom. The van der Waals surface area contributed by atoms with Crippen molar-refractivity contribution in [3.63, 3.8) is 0 Å². The molecule has 0 saturated carbocycles. The predicted molar refractivity (Wildman–Crippen MR) is 107 cm³/mol. The van der Waals surface area contributed by atoms with Crippen molar-refractivity contribution >= 4 is 18.2 Å². The first kappa shape index (κ1) is 17.6. The molecule has 7 nitrogen and oxygen atoms in total. The summed E-state index contributed by atoms with van der Waals surface area (Å²) in [5.41, 5.74) is 2.34. The summed E-state index contributed by atoms with van der Waals surface area (Å²) in [5.74, 6) is 1.93. The van der Waals surface area contributed by atoms with E-state index in [-0.39, 0.29) is 6.03 Å². The van der Waals surface area contributed by atoms with Crippen molar-refractivity contribution in [2.45, 2.75) is 26.4 Å². The van der Waals surface area contributed by atoms with Crippen LogP contribution in [0.5, 0.6) is 0 Å². The Kier molecular flexibility index (Phi) is 4.83. The summed E-state index contributed by atoms with van der Waals surface area (Å²) >= 11 is 0. The highest BCUT2D eigenvalue weighted by Gasteiger charge is 2.27. The topological polar surface area (TPSA) is 63.5 Å². The summed E-state index contributed by atoms with van der Waals surface area (Å²) < 4.78 is 0. The number of amides is 2. The Balaban J connectivity index is 1.27. The van der Waals surface area contributed by atoms with E-state index in [0.717, 1.165) is 36.9 Å². The van der Waals surface area contributed by atoms with E-state index in [9.17, 15) is 4.79 Å². The molecule has 0 spiro atoms. The van der Waals surface area contributed by atoms with E-state index in [1.54, 1.807) is 0 Å². The third-order valence-electron chi connectivity index (χ3n) is 5.28. The molecule has 1 atom stereocenters. The number of nitrogens with zero attached hydrogens (tertiary/aromatic N) is 5. The minimum atomic E-state index is -0.00322. The van der Waals surface area contributed by atoms with Gasteiger partial charge in [-0.05, 0) is 19.4 Å². The summed E-state index contributed by atoms with van der Waals surface area (Å²) in [7, 11) is 0. The van der Waals surface area contributed by atoms with Crippen molar-refractivity contribution in [2.24, 2.45) is 9.98 Å². The molecule has 1 unspecified atom stereocenters. The van der Waals surface area contributed by atoms with E-state index in [1.165, 1.54) is 5.56 Å². The molecule has 0 radical (unpaired) electrons. The minimum Gasteiger partial charge on any atom is -0.353 e. The van der Waals surface area contributed by atoms with E-state index in [4.69, 9.17) is 0 Å². The zero-order valence-electron chi connectivity index (χ0n) is 15.9. The maximum Gasteiger partial charge on any atom is 0.317 e. The van der Waals surface area contributed by atoms with Crippen LogP contribution < -0.4 is 5.32 Å². The van der Waals surface area contributed by atoms with Crippen LogP contribution in [0.4, 0.5) is 4.79 Å². The van der Waals surface area contributed by atoms with Crippen molar-refractivity contribution in [1.82, 2.24) is 20.0 Å². The maximum atomic E-state index is 12.4. The number of benzene rings is 1. The minimum absolute atomic E-state index is 0.00322. The second-order valence-electron chi connectivity index (χ2n) is 7.32.